The summed E-state index contributed by atoms with van der Waals surface area (Å²) in [7, 11) is 1.35. The fourth-order valence-corrected chi connectivity index (χ4v) is 4.46. The first-order valence-electron chi connectivity index (χ1n) is 12.1. The number of hydrogen-bond donors (Lipinski definition) is 1. The standard InChI is InChI=1S/C26H39F2NO4/c1-25(16-8-5-9-17-25)18-10-7-12-22(30)15-14-21-20-26(27,28)24(32)29(21)19-11-4-3-6-13-23(31)33-2/h5,8-9,14-16,21-22,30H,3-4,6-7,10-13,17-20H2,1-2H3/b15-14+/t21-,22+,25?/m0/s1. The van der Waals surface area contributed by atoms with E-state index in [1.54, 1.807) is 12.2 Å². The Morgan fingerprint density at radius 3 is 2.70 bits per heavy atom. The van der Waals surface area contributed by atoms with Crippen LogP contribution in [-0.2, 0) is 14.3 Å². The zero-order chi connectivity index (χ0) is 24.3. The van der Waals surface area contributed by atoms with Crippen molar-refractivity contribution in [2.24, 2.45) is 5.41 Å². The molecule has 0 radical (unpaired) electrons. The summed E-state index contributed by atoms with van der Waals surface area (Å²) < 4.78 is 32.7. The van der Waals surface area contributed by atoms with Gasteiger partial charge in [0.2, 0.25) is 0 Å². The van der Waals surface area contributed by atoms with E-state index < -0.39 is 30.4 Å². The van der Waals surface area contributed by atoms with Crippen molar-refractivity contribution in [1.29, 1.82) is 0 Å². The molecule has 0 aromatic rings. The number of unbranched alkanes of at least 4 members (excludes halogenated alkanes) is 4. The Bertz CT molecular complexity index is 734. The molecular formula is C26H39F2NO4. The van der Waals surface area contributed by atoms with Crippen molar-refractivity contribution in [2.45, 2.75) is 95.6 Å². The molecule has 0 aromatic heterocycles. The minimum Gasteiger partial charge on any atom is -0.469 e. The summed E-state index contributed by atoms with van der Waals surface area (Å²) in [5.41, 5.74) is 0.172. The molecule has 0 spiro atoms. The van der Waals surface area contributed by atoms with Crippen molar-refractivity contribution in [3.05, 3.63) is 36.5 Å². The minimum atomic E-state index is -3.36. The highest BCUT2D eigenvalue weighted by Gasteiger charge is 2.52. The van der Waals surface area contributed by atoms with Gasteiger partial charge < -0.3 is 14.7 Å². The van der Waals surface area contributed by atoms with Gasteiger partial charge in [-0.3, -0.25) is 9.59 Å². The average molecular weight is 468 g/mol. The second kappa shape index (κ2) is 13.0. The number of methoxy groups -OCH3 is 1. The summed E-state index contributed by atoms with van der Waals surface area (Å²) in [6.07, 6.45) is 18.0. The van der Waals surface area contributed by atoms with Gasteiger partial charge in [0, 0.05) is 19.4 Å². The van der Waals surface area contributed by atoms with Crippen LogP contribution in [0.3, 0.4) is 0 Å². The van der Waals surface area contributed by atoms with Crippen molar-refractivity contribution >= 4 is 11.9 Å². The second-order valence-corrected chi connectivity index (χ2v) is 9.56. The van der Waals surface area contributed by atoms with Crippen LogP contribution in [0.2, 0.25) is 0 Å². The fraction of sp³-hybridized carbons (Fsp3) is 0.692. The molecule has 1 fully saturated rings. The van der Waals surface area contributed by atoms with Crippen molar-refractivity contribution in [3.63, 3.8) is 0 Å². The maximum absolute atomic E-state index is 14.0. The first kappa shape index (κ1) is 27.2. The zero-order valence-electron chi connectivity index (χ0n) is 20.0. The number of ether oxygens (including phenoxy) is 1. The van der Waals surface area contributed by atoms with E-state index in [-0.39, 0.29) is 17.9 Å². The van der Waals surface area contributed by atoms with Gasteiger partial charge in [-0.25, -0.2) is 0 Å². The number of carbonyl (C=O) groups is 2. The van der Waals surface area contributed by atoms with Gasteiger partial charge in [-0.15, -0.1) is 0 Å². The molecule has 7 heteroatoms. The van der Waals surface area contributed by atoms with E-state index in [1.807, 2.05) is 0 Å². The molecule has 186 valence electrons. The molecule has 2 aliphatic rings. The van der Waals surface area contributed by atoms with E-state index >= 15 is 0 Å². The molecule has 5 nitrogen and oxygen atoms in total. The van der Waals surface area contributed by atoms with Crippen LogP contribution in [0, 0.1) is 5.41 Å². The van der Waals surface area contributed by atoms with Crippen LogP contribution in [0.4, 0.5) is 8.78 Å². The highest BCUT2D eigenvalue weighted by atomic mass is 19.3. The molecule has 1 unspecified atom stereocenters. The molecule has 1 amide bonds. The van der Waals surface area contributed by atoms with E-state index in [1.165, 1.54) is 12.0 Å². The van der Waals surface area contributed by atoms with Gasteiger partial charge in [-0.05, 0) is 37.5 Å². The quantitative estimate of drug-likeness (QED) is 0.213. The number of rotatable bonds is 14. The topological polar surface area (TPSA) is 66.8 Å². The van der Waals surface area contributed by atoms with E-state index in [0.717, 1.165) is 38.5 Å². The van der Waals surface area contributed by atoms with Gasteiger partial charge in [0.05, 0.1) is 19.3 Å². The predicted octanol–water partition coefficient (Wildman–Crippen LogP) is 5.35. The number of halogens is 2. The minimum absolute atomic E-state index is 0.172. The van der Waals surface area contributed by atoms with Gasteiger partial charge in [0.25, 0.3) is 5.91 Å². The smallest absolute Gasteiger partial charge is 0.327 e. The van der Waals surface area contributed by atoms with E-state index in [2.05, 4.69) is 36.0 Å². The SMILES string of the molecule is COC(=O)CCCCCCN1C(=O)C(F)(F)C[C@@H]1/C=C/[C@H](O)CCCCC1(C)C=CC=CC1. The van der Waals surface area contributed by atoms with Crippen molar-refractivity contribution < 1.29 is 28.2 Å². The maximum Gasteiger partial charge on any atom is 0.327 e. The summed E-state index contributed by atoms with van der Waals surface area (Å²) in [6, 6.07) is -0.699. The third kappa shape index (κ3) is 9.03. The number of amides is 1. The van der Waals surface area contributed by atoms with E-state index in [4.69, 9.17) is 0 Å². The zero-order valence-corrected chi connectivity index (χ0v) is 20.0. The van der Waals surface area contributed by atoms with Crippen LogP contribution < -0.4 is 0 Å². The molecule has 3 atom stereocenters. The van der Waals surface area contributed by atoms with Gasteiger partial charge in [0.15, 0.2) is 0 Å². The number of carbonyl (C=O) groups excluding carboxylic acids is 2. The lowest BCUT2D eigenvalue weighted by atomic mass is 9.79. The molecule has 1 aliphatic heterocycles. The number of alkyl halides is 2. The van der Waals surface area contributed by atoms with Gasteiger partial charge in [0.1, 0.15) is 0 Å². The Morgan fingerprint density at radius 2 is 2.00 bits per heavy atom. The highest BCUT2D eigenvalue weighted by molar-refractivity contribution is 5.86. The lowest BCUT2D eigenvalue weighted by Gasteiger charge is -2.26. The molecule has 0 saturated carbocycles. The molecular weight excluding hydrogens is 428 g/mol. The molecule has 1 saturated heterocycles. The summed E-state index contributed by atoms with van der Waals surface area (Å²) >= 11 is 0. The van der Waals surface area contributed by atoms with Crippen molar-refractivity contribution in [3.8, 4) is 0 Å². The van der Waals surface area contributed by atoms with Crippen LogP contribution in [-0.4, -0.2) is 53.6 Å². The summed E-state index contributed by atoms with van der Waals surface area (Å²) in [5, 5.41) is 10.3. The third-order valence-electron chi connectivity index (χ3n) is 6.58. The number of nitrogens with zero attached hydrogens (tertiary/aromatic N) is 1. The first-order chi connectivity index (χ1) is 15.7. The summed E-state index contributed by atoms with van der Waals surface area (Å²) in [5.74, 6) is -4.75. The molecule has 2 rings (SSSR count). The first-order valence-corrected chi connectivity index (χ1v) is 12.1. The average Bonchev–Trinajstić information content (AvgIpc) is 3.00. The second-order valence-electron chi connectivity index (χ2n) is 9.56. The molecule has 1 heterocycles. The van der Waals surface area contributed by atoms with Crippen molar-refractivity contribution in [1.82, 2.24) is 4.90 Å². The number of hydrogen-bond acceptors (Lipinski definition) is 4. The number of esters is 1. The van der Waals surface area contributed by atoms with Crippen LogP contribution in [0.15, 0.2) is 36.5 Å². The molecule has 33 heavy (non-hydrogen) atoms. The Labute approximate surface area is 196 Å². The predicted molar refractivity (Wildman–Crippen MR) is 125 cm³/mol. The number of aliphatic hydroxyl groups is 1. The van der Waals surface area contributed by atoms with Crippen LogP contribution in [0.1, 0.15) is 77.6 Å². The molecule has 1 aliphatic carbocycles. The highest BCUT2D eigenvalue weighted by Crippen LogP contribution is 2.35. The molecule has 0 bridgehead atoms. The molecule has 1 N–H and O–H groups in total. The Kier molecular flexibility index (Phi) is 10.7. The lowest BCUT2D eigenvalue weighted by Crippen LogP contribution is -2.36. The van der Waals surface area contributed by atoms with Gasteiger partial charge >= 0.3 is 11.9 Å². The number of allylic oxidation sites excluding steroid dienone is 4. The van der Waals surface area contributed by atoms with Gasteiger partial charge in [-0.1, -0.05) is 69.1 Å². The maximum atomic E-state index is 14.0. The Hall–Kier alpha value is -2.02. The van der Waals surface area contributed by atoms with E-state index in [0.29, 0.717) is 25.7 Å². The Morgan fingerprint density at radius 1 is 1.24 bits per heavy atom. The normalized spacial score (nSPS) is 25.2. The number of likely N-dealkylation sites (tertiary alicyclic amines) is 1. The van der Waals surface area contributed by atoms with E-state index in [9.17, 15) is 23.5 Å². The van der Waals surface area contributed by atoms with Crippen LogP contribution in [0.5, 0.6) is 0 Å². The van der Waals surface area contributed by atoms with Crippen LogP contribution >= 0.6 is 0 Å². The third-order valence-corrected chi connectivity index (χ3v) is 6.58. The molecule has 0 aromatic carbocycles. The van der Waals surface area contributed by atoms with Crippen molar-refractivity contribution in [2.75, 3.05) is 13.7 Å². The Balaban J connectivity index is 1.73. The lowest BCUT2D eigenvalue weighted by molar-refractivity contribution is -0.148. The number of aliphatic hydroxyl groups excluding tert-OH is 1. The van der Waals surface area contributed by atoms with Gasteiger partial charge in [-0.2, -0.15) is 8.78 Å². The van der Waals surface area contributed by atoms with Crippen LogP contribution in [0.25, 0.3) is 0 Å². The summed E-state index contributed by atoms with van der Waals surface area (Å²) in [4.78, 5) is 24.5. The summed E-state index contributed by atoms with van der Waals surface area (Å²) in [6.45, 7) is 2.48. The monoisotopic (exact) mass is 467 g/mol. The fourth-order valence-electron chi connectivity index (χ4n) is 4.46. The largest absolute Gasteiger partial charge is 0.469 e.